The zero-order valence-corrected chi connectivity index (χ0v) is 13.9. The largest absolute Gasteiger partial charge is 0.0811 e. The predicted molar refractivity (Wildman–Crippen MR) is 94.6 cm³/mol. The minimum absolute atomic E-state index is 0.640. The fourth-order valence-corrected chi connectivity index (χ4v) is 2.59. The minimum atomic E-state index is 0.640. The van der Waals surface area contributed by atoms with Crippen LogP contribution in [0.1, 0.15) is 42.5 Å². The van der Waals surface area contributed by atoms with Gasteiger partial charge in [0.2, 0.25) is 0 Å². The highest BCUT2D eigenvalue weighted by molar-refractivity contribution is 5.73. The second-order valence-electron chi connectivity index (χ2n) is 6.08. The average Bonchev–Trinajstić information content (AvgIpc) is 2.48. The van der Waals surface area contributed by atoms with Gasteiger partial charge in [0.25, 0.3) is 0 Å². The van der Waals surface area contributed by atoms with Gasteiger partial charge >= 0.3 is 0 Å². The Labute approximate surface area is 129 Å². The van der Waals surface area contributed by atoms with E-state index in [0.29, 0.717) is 5.92 Å². The molecule has 0 aliphatic carbocycles. The van der Waals surface area contributed by atoms with E-state index >= 15 is 0 Å². The van der Waals surface area contributed by atoms with Crippen molar-refractivity contribution in [3.05, 3.63) is 64.7 Å². The number of allylic oxidation sites excluding steroid dienone is 1. The van der Waals surface area contributed by atoms with Crippen molar-refractivity contribution in [1.82, 2.24) is 0 Å². The molecule has 0 saturated heterocycles. The standard InChI is InChI=1S/C21H26/c1-6-15(2)11-12-19-13-18(5)21(14-17(19)4)20-10-8-7-9-16(20)3/h7-15H,6H2,1-5H3/b12-11-. The summed E-state index contributed by atoms with van der Waals surface area (Å²) in [5.41, 5.74) is 8.06. The molecule has 1 unspecified atom stereocenters. The van der Waals surface area contributed by atoms with Crippen LogP contribution in [-0.2, 0) is 0 Å². The van der Waals surface area contributed by atoms with Gasteiger partial charge in [0.05, 0.1) is 0 Å². The first-order valence-corrected chi connectivity index (χ1v) is 7.88. The van der Waals surface area contributed by atoms with Gasteiger partial charge in [0.15, 0.2) is 0 Å². The molecule has 110 valence electrons. The number of benzene rings is 2. The van der Waals surface area contributed by atoms with Gasteiger partial charge in [0, 0.05) is 0 Å². The highest BCUT2D eigenvalue weighted by atomic mass is 14.1. The Morgan fingerprint density at radius 2 is 1.62 bits per heavy atom. The summed E-state index contributed by atoms with van der Waals surface area (Å²) < 4.78 is 0. The van der Waals surface area contributed by atoms with E-state index in [0.717, 1.165) is 0 Å². The van der Waals surface area contributed by atoms with Gasteiger partial charge in [-0.05, 0) is 60.1 Å². The van der Waals surface area contributed by atoms with Gasteiger partial charge in [-0.15, -0.1) is 0 Å². The topological polar surface area (TPSA) is 0 Å². The first-order valence-electron chi connectivity index (χ1n) is 7.88. The lowest BCUT2D eigenvalue weighted by molar-refractivity contribution is 0.701. The summed E-state index contributed by atoms with van der Waals surface area (Å²) in [5, 5.41) is 0. The summed E-state index contributed by atoms with van der Waals surface area (Å²) in [5.74, 6) is 0.640. The van der Waals surface area contributed by atoms with E-state index in [-0.39, 0.29) is 0 Å². The second-order valence-corrected chi connectivity index (χ2v) is 6.08. The Morgan fingerprint density at radius 1 is 0.905 bits per heavy atom. The normalized spacial score (nSPS) is 12.8. The van der Waals surface area contributed by atoms with Gasteiger partial charge in [0.1, 0.15) is 0 Å². The third-order valence-electron chi connectivity index (χ3n) is 4.30. The molecule has 1 atom stereocenters. The fourth-order valence-electron chi connectivity index (χ4n) is 2.59. The van der Waals surface area contributed by atoms with Crippen molar-refractivity contribution in [3.8, 4) is 11.1 Å². The maximum absolute atomic E-state index is 2.33. The van der Waals surface area contributed by atoms with E-state index in [2.05, 4.69) is 83.2 Å². The minimum Gasteiger partial charge on any atom is -0.0811 e. The molecule has 0 heterocycles. The van der Waals surface area contributed by atoms with E-state index in [1.54, 1.807) is 0 Å². The van der Waals surface area contributed by atoms with Crippen LogP contribution in [0.4, 0.5) is 0 Å². The van der Waals surface area contributed by atoms with Gasteiger partial charge in [-0.25, -0.2) is 0 Å². The molecule has 0 heteroatoms. The summed E-state index contributed by atoms with van der Waals surface area (Å²) in [7, 11) is 0. The molecule has 0 bridgehead atoms. The van der Waals surface area contributed by atoms with Crippen LogP contribution in [0.25, 0.3) is 17.2 Å². The molecule has 2 aromatic carbocycles. The van der Waals surface area contributed by atoms with Crippen LogP contribution in [0.3, 0.4) is 0 Å². The number of rotatable bonds is 4. The monoisotopic (exact) mass is 278 g/mol. The summed E-state index contributed by atoms with van der Waals surface area (Å²) >= 11 is 0. The van der Waals surface area contributed by atoms with E-state index in [9.17, 15) is 0 Å². The van der Waals surface area contributed by atoms with Crippen molar-refractivity contribution in [1.29, 1.82) is 0 Å². The van der Waals surface area contributed by atoms with Crippen molar-refractivity contribution < 1.29 is 0 Å². The summed E-state index contributed by atoms with van der Waals surface area (Å²) in [6.45, 7) is 11.1. The highest BCUT2D eigenvalue weighted by Gasteiger charge is 2.07. The molecule has 0 spiro atoms. The molecule has 0 aliphatic heterocycles. The quantitative estimate of drug-likeness (QED) is 0.612. The number of aryl methyl sites for hydroxylation is 3. The Hall–Kier alpha value is -1.82. The highest BCUT2D eigenvalue weighted by Crippen LogP contribution is 2.29. The SMILES string of the molecule is CCC(C)/C=C\c1cc(C)c(-c2ccccc2C)cc1C. The van der Waals surface area contributed by atoms with Gasteiger partial charge < -0.3 is 0 Å². The molecule has 0 aliphatic rings. The van der Waals surface area contributed by atoms with Gasteiger partial charge in [-0.2, -0.15) is 0 Å². The number of hydrogen-bond donors (Lipinski definition) is 0. The van der Waals surface area contributed by atoms with E-state index in [1.165, 1.54) is 39.8 Å². The molecular weight excluding hydrogens is 252 g/mol. The Morgan fingerprint density at radius 3 is 2.29 bits per heavy atom. The summed E-state index contributed by atoms with van der Waals surface area (Å²) in [6.07, 6.45) is 5.78. The molecule has 0 N–H and O–H groups in total. The predicted octanol–water partition coefficient (Wildman–Crippen LogP) is 6.34. The lowest BCUT2D eigenvalue weighted by atomic mass is 9.92. The Kier molecular flexibility index (Phi) is 5.01. The molecule has 2 aromatic rings. The smallest absolute Gasteiger partial charge is 0.0149 e. The molecule has 0 nitrogen and oxygen atoms in total. The summed E-state index contributed by atoms with van der Waals surface area (Å²) in [4.78, 5) is 0. The zero-order chi connectivity index (χ0) is 15.4. The average molecular weight is 278 g/mol. The van der Waals surface area contributed by atoms with Crippen LogP contribution in [-0.4, -0.2) is 0 Å². The van der Waals surface area contributed by atoms with Crippen LogP contribution in [0, 0.1) is 26.7 Å². The molecule has 0 saturated carbocycles. The maximum atomic E-state index is 2.33. The first kappa shape index (κ1) is 15.6. The molecular formula is C21H26. The van der Waals surface area contributed by atoms with Crippen LogP contribution >= 0.6 is 0 Å². The molecule has 2 rings (SSSR count). The van der Waals surface area contributed by atoms with Crippen LogP contribution in [0.15, 0.2) is 42.5 Å². The van der Waals surface area contributed by atoms with Crippen LogP contribution in [0.2, 0.25) is 0 Å². The number of hydrogen-bond acceptors (Lipinski definition) is 0. The molecule has 0 fully saturated rings. The van der Waals surface area contributed by atoms with Crippen molar-refractivity contribution in [2.24, 2.45) is 5.92 Å². The second kappa shape index (κ2) is 6.76. The summed E-state index contributed by atoms with van der Waals surface area (Å²) in [6, 6.07) is 13.3. The molecule has 0 radical (unpaired) electrons. The lowest BCUT2D eigenvalue weighted by Crippen LogP contribution is -1.92. The maximum Gasteiger partial charge on any atom is -0.0149 e. The van der Waals surface area contributed by atoms with Crippen molar-refractivity contribution in [2.45, 2.75) is 41.0 Å². The van der Waals surface area contributed by atoms with E-state index < -0.39 is 0 Å². The van der Waals surface area contributed by atoms with Crippen LogP contribution in [0.5, 0.6) is 0 Å². The molecule has 0 amide bonds. The lowest BCUT2D eigenvalue weighted by Gasteiger charge is -2.13. The Bertz CT molecular complexity index is 647. The molecule has 21 heavy (non-hydrogen) atoms. The van der Waals surface area contributed by atoms with Crippen LogP contribution < -0.4 is 0 Å². The third kappa shape index (κ3) is 3.64. The van der Waals surface area contributed by atoms with Gasteiger partial charge in [-0.3, -0.25) is 0 Å². The third-order valence-corrected chi connectivity index (χ3v) is 4.30. The first-order chi connectivity index (χ1) is 10.0. The Balaban J connectivity index is 2.43. The van der Waals surface area contributed by atoms with Crippen molar-refractivity contribution in [2.75, 3.05) is 0 Å². The molecule has 0 aromatic heterocycles. The van der Waals surface area contributed by atoms with Crippen molar-refractivity contribution in [3.63, 3.8) is 0 Å². The van der Waals surface area contributed by atoms with E-state index in [1.807, 2.05) is 0 Å². The van der Waals surface area contributed by atoms with Gasteiger partial charge in [-0.1, -0.05) is 68.8 Å². The fraction of sp³-hybridized carbons (Fsp3) is 0.333. The van der Waals surface area contributed by atoms with Crippen molar-refractivity contribution >= 4 is 6.08 Å². The van der Waals surface area contributed by atoms with E-state index in [4.69, 9.17) is 0 Å². The zero-order valence-electron chi connectivity index (χ0n) is 13.9.